The third kappa shape index (κ3) is 2.42. The summed E-state index contributed by atoms with van der Waals surface area (Å²) in [6.45, 7) is 1.85. The Balaban J connectivity index is 2.07. The van der Waals surface area contributed by atoms with Crippen LogP contribution in [-0.2, 0) is 4.79 Å². The molecule has 0 aliphatic heterocycles. The molecule has 1 aromatic heterocycles. The number of hydrogen-bond acceptors (Lipinski definition) is 5. The zero-order valence-electron chi connectivity index (χ0n) is 12.7. The minimum Gasteiger partial charge on any atom is -0.497 e. The molecule has 1 heterocycles. The summed E-state index contributed by atoms with van der Waals surface area (Å²) in [5.41, 5.74) is 1.19. The Morgan fingerprint density at radius 2 is 1.87 bits per heavy atom. The van der Waals surface area contributed by atoms with Crippen molar-refractivity contribution in [1.29, 1.82) is 0 Å². The quantitative estimate of drug-likeness (QED) is 0.491. The second-order valence-electron chi connectivity index (χ2n) is 5.13. The van der Waals surface area contributed by atoms with Crippen LogP contribution in [-0.4, -0.2) is 31.7 Å². The number of fused-ring (bicyclic) bond motifs is 1. The van der Waals surface area contributed by atoms with Gasteiger partial charge in [-0.1, -0.05) is 6.82 Å². The van der Waals surface area contributed by atoms with Crippen LogP contribution >= 0.6 is 0 Å². The number of hydrogen-bond donors (Lipinski definition) is 0. The van der Waals surface area contributed by atoms with E-state index >= 15 is 0 Å². The highest BCUT2D eigenvalue weighted by Gasteiger charge is 2.33. The molecule has 5 nitrogen and oxygen atoms in total. The Morgan fingerprint density at radius 1 is 1.17 bits per heavy atom. The molecular formula is C17H13BO5. The van der Waals surface area contributed by atoms with Gasteiger partial charge in [0.1, 0.15) is 17.8 Å². The Kier molecular flexibility index (Phi) is 3.74. The molecule has 0 atom stereocenters. The number of methoxy groups -OCH3 is 1. The van der Waals surface area contributed by atoms with Gasteiger partial charge in [-0.25, -0.2) is 0 Å². The SMILES string of the molecule is CBC1=CC(=O)C(=O)c2c(C(=O)c3ccc(OC)cc3)coc21. The summed E-state index contributed by atoms with van der Waals surface area (Å²) in [5.74, 6) is -0.759. The van der Waals surface area contributed by atoms with Gasteiger partial charge in [-0.2, -0.15) is 0 Å². The maximum absolute atomic E-state index is 12.6. The smallest absolute Gasteiger partial charge is 0.237 e. The van der Waals surface area contributed by atoms with Gasteiger partial charge in [0.05, 0.1) is 18.2 Å². The lowest BCUT2D eigenvalue weighted by Gasteiger charge is -2.10. The van der Waals surface area contributed by atoms with E-state index < -0.39 is 11.6 Å². The van der Waals surface area contributed by atoms with Gasteiger partial charge in [-0.05, 0) is 35.8 Å². The van der Waals surface area contributed by atoms with E-state index in [1.54, 1.807) is 24.3 Å². The van der Waals surface area contributed by atoms with Crippen LogP contribution in [0.3, 0.4) is 0 Å². The summed E-state index contributed by atoms with van der Waals surface area (Å²) >= 11 is 0. The van der Waals surface area contributed by atoms with E-state index in [4.69, 9.17) is 9.15 Å². The van der Waals surface area contributed by atoms with E-state index in [9.17, 15) is 14.4 Å². The zero-order valence-corrected chi connectivity index (χ0v) is 12.7. The normalized spacial score (nSPS) is 13.4. The molecule has 1 aromatic carbocycles. The first kappa shape index (κ1) is 15.0. The predicted octanol–water partition coefficient (Wildman–Crippen LogP) is 2.11. The van der Waals surface area contributed by atoms with Gasteiger partial charge in [0.2, 0.25) is 11.6 Å². The molecule has 0 radical (unpaired) electrons. The number of ketones is 3. The lowest BCUT2D eigenvalue weighted by molar-refractivity contribution is -0.111. The highest BCUT2D eigenvalue weighted by Crippen LogP contribution is 2.30. The first-order valence-electron chi connectivity index (χ1n) is 7.16. The van der Waals surface area contributed by atoms with Crippen molar-refractivity contribution < 1.29 is 23.5 Å². The zero-order chi connectivity index (χ0) is 16.6. The minimum absolute atomic E-state index is 0.0650. The van der Waals surface area contributed by atoms with Crippen molar-refractivity contribution in [2.24, 2.45) is 0 Å². The molecule has 23 heavy (non-hydrogen) atoms. The van der Waals surface area contributed by atoms with Crippen LogP contribution in [0.2, 0.25) is 6.82 Å². The topological polar surface area (TPSA) is 73.6 Å². The molecule has 0 spiro atoms. The summed E-state index contributed by atoms with van der Waals surface area (Å²) in [6.07, 6.45) is 2.52. The first-order valence-corrected chi connectivity index (χ1v) is 7.16. The van der Waals surface area contributed by atoms with Crippen LogP contribution in [0.1, 0.15) is 32.0 Å². The molecular weight excluding hydrogens is 295 g/mol. The minimum atomic E-state index is -0.706. The Hall–Kier alpha value is -2.89. The molecule has 1 aliphatic carbocycles. The number of ether oxygens (including phenoxy) is 1. The van der Waals surface area contributed by atoms with Crippen molar-refractivity contribution in [3.8, 4) is 5.75 Å². The molecule has 1 aliphatic rings. The fourth-order valence-corrected chi connectivity index (χ4v) is 2.56. The second kappa shape index (κ2) is 5.72. The molecule has 0 bridgehead atoms. The number of benzene rings is 1. The maximum atomic E-state index is 12.6. The van der Waals surface area contributed by atoms with Gasteiger partial charge in [-0.3, -0.25) is 14.4 Å². The van der Waals surface area contributed by atoms with Gasteiger partial charge in [-0.15, -0.1) is 0 Å². The Morgan fingerprint density at radius 3 is 2.48 bits per heavy atom. The van der Waals surface area contributed by atoms with Gasteiger partial charge >= 0.3 is 0 Å². The molecule has 6 heteroatoms. The Labute approximate surface area is 133 Å². The van der Waals surface area contributed by atoms with Crippen molar-refractivity contribution in [3.05, 3.63) is 59.1 Å². The summed E-state index contributed by atoms with van der Waals surface area (Å²) in [6, 6.07) is 6.52. The van der Waals surface area contributed by atoms with Crippen LogP contribution in [0, 0.1) is 0 Å². The van der Waals surface area contributed by atoms with Crippen molar-refractivity contribution in [1.82, 2.24) is 0 Å². The van der Waals surface area contributed by atoms with E-state index in [0.29, 0.717) is 29.8 Å². The Bertz CT molecular complexity index is 842. The molecule has 114 valence electrons. The van der Waals surface area contributed by atoms with E-state index in [1.165, 1.54) is 19.4 Å². The summed E-state index contributed by atoms with van der Waals surface area (Å²) < 4.78 is 10.5. The number of rotatable bonds is 4. The lowest BCUT2D eigenvalue weighted by Crippen LogP contribution is -2.21. The average Bonchev–Trinajstić information content (AvgIpc) is 3.02. The van der Waals surface area contributed by atoms with Crippen molar-refractivity contribution >= 4 is 30.1 Å². The first-order chi connectivity index (χ1) is 11.1. The third-order valence-electron chi connectivity index (χ3n) is 3.82. The molecule has 0 N–H and O–H groups in total. The van der Waals surface area contributed by atoms with Gasteiger partial charge in [0, 0.05) is 5.56 Å². The number of Topliss-reactive ketones (excluding diaryl/α,β-unsaturated/α-hetero) is 1. The van der Waals surface area contributed by atoms with Crippen LogP contribution in [0.5, 0.6) is 5.75 Å². The largest absolute Gasteiger partial charge is 0.497 e. The summed E-state index contributed by atoms with van der Waals surface area (Å²) in [7, 11) is 2.07. The summed E-state index contributed by atoms with van der Waals surface area (Å²) in [4.78, 5) is 36.6. The van der Waals surface area contributed by atoms with Gasteiger partial charge in [0.15, 0.2) is 13.1 Å². The number of carbonyl (C=O) groups is 3. The van der Waals surface area contributed by atoms with E-state index in [2.05, 4.69) is 0 Å². The molecule has 0 amide bonds. The van der Waals surface area contributed by atoms with Crippen LogP contribution < -0.4 is 4.74 Å². The van der Waals surface area contributed by atoms with Crippen molar-refractivity contribution in [3.63, 3.8) is 0 Å². The fourth-order valence-electron chi connectivity index (χ4n) is 2.56. The summed E-state index contributed by atoms with van der Waals surface area (Å²) in [5, 5.41) is 0. The number of furan rings is 1. The molecule has 0 unspecified atom stereocenters. The standard InChI is InChI=1S/C17H13BO5/c1-18-12-7-13(19)16(21)14-11(8-23-17(12)14)15(20)9-3-5-10(22-2)6-4-9/h3-8,18H,1-2H3. The average molecular weight is 308 g/mol. The highest BCUT2D eigenvalue weighted by molar-refractivity contribution is 6.65. The van der Waals surface area contributed by atoms with Crippen molar-refractivity contribution in [2.45, 2.75) is 6.82 Å². The van der Waals surface area contributed by atoms with Crippen molar-refractivity contribution in [2.75, 3.05) is 7.11 Å². The number of carbonyl (C=O) groups excluding carboxylic acids is 3. The molecule has 0 saturated heterocycles. The second-order valence-corrected chi connectivity index (χ2v) is 5.13. The van der Waals surface area contributed by atoms with Gasteiger partial charge in [0.25, 0.3) is 0 Å². The van der Waals surface area contributed by atoms with Gasteiger partial charge < -0.3 is 9.15 Å². The van der Waals surface area contributed by atoms with E-state index in [1.807, 2.05) is 6.82 Å². The van der Waals surface area contributed by atoms with Crippen LogP contribution in [0.15, 0.2) is 41.0 Å². The lowest BCUT2D eigenvalue weighted by atomic mass is 9.67. The van der Waals surface area contributed by atoms with Crippen LogP contribution in [0.4, 0.5) is 0 Å². The molecule has 3 rings (SSSR count). The predicted molar refractivity (Wildman–Crippen MR) is 85.5 cm³/mol. The molecule has 2 aromatic rings. The number of allylic oxidation sites excluding steroid dienone is 1. The van der Waals surface area contributed by atoms with E-state index in [0.717, 1.165) is 0 Å². The third-order valence-corrected chi connectivity index (χ3v) is 3.82. The van der Waals surface area contributed by atoms with E-state index in [-0.39, 0.29) is 16.9 Å². The van der Waals surface area contributed by atoms with Crippen LogP contribution in [0.25, 0.3) is 5.47 Å². The maximum Gasteiger partial charge on any atom is 0.237 e. The molecule has 0 saturated carbocycles. The highest BCUT2D eigenvalue weighted by atomic mass is 16.5. The monoisotopic (exact) mass is 308 g/mol. The fraction of sp³-hybridized carbons (Fsp3) is 0.118. The molecule has 0 fully saturated rings.